The van der Waals surface area contributed by atoms with Crippen LogP contribution in [0.15, 0.2) is 36.4 Å². The van der Waals surface area contributed by atoms with Crippen molar-refractivity contribution in [2.75, 3.05) is 6.61 Å². The molecule has 0 unspecified atom stereocenters. The molecule has 8 heteroatoms. The molecule has 2 aliphatic heterocycles. The molecule has 2 aliphatic rings. The van der Waals surface area contributed by atoms with Gasteiger partial charge in [-0.15, -0.1) is 17.2 Å². The number of carbonyl (C=O) groups is 2. The minimum absolute atomic E-state index is 0.270. The molecule has 2 aromatic rings. The van der Waals surface area contributed by atoms with E-state index in [1.54, 1.807) is 0 Å². The van der Waals surface area contributed by atoms with Gasteiger partial charge in [0.25, 0.3) is 0 Å². The van der Waals surface area contributed by atoms with Crippen molar-refractivity contribution >= 4 is 34.4 Å². The fourth-order valence-corrected chi connectivity index (χ4v) is 5.45. The van der Waals surface area contributed by atoms with Gasteiger partial charge in [-0.05, 0) is 32.2 Å². The number of carboxylic acid groups (broad SMARTS) is 1. The number of thioether (sulfide) groups is 1. The number of β-lactam (4-membered cyclic amide) rings is 1. The lowest BCUT2D eigenvalue weighted by atomic mass is 9.96. The summed E-state index contributed by atoms with van der Waals surface area (Å²) in [6, 6.07) is 10.1. The van der Waals surface area contributed by atoms with Gasteiger partial charge < -0.3 is 19.6 Å². The Balaban J connectivity index is 1.57. The molecule has 2 fully saturated rings. The van der Waals surface area contributed by atoms with Crippen molar-refractivity contribution in [2.45, 2.75) is 43.0 Å². The molecular weight excluding hydrogens is 380 g/mol. The van der Waals surface area contributed by atoms with Crippen LogP contribution < -0.4 is 15.1 Å². The number of carboxylic acids is 1. The van der Waals surface area contributed by atoms with E-state index in [0.29, 0.717) is 18.1 Å². The molecule has 0 spiro atoms. The summed E-state index contributed by atoms with van der Waals surface area (Å²) in [5.41, 5.74) is 2.86. The van der Waals surface area contributed by atoms with Crippen molar-refractivity contribution in [3.8, 4) is 11.5 Å². The van der Waals surface area contributed by atoms with Crippen LogP contribution in [0.1, 0.15) is 20.8 Å². The molecular formula is C20H22N2O5S. The molecule has 2 aromatic carbocycles. The summed E-state index contributed by atoms with van der Waals surface area (Å²) < 4.78 is 5.11. The van der Waals surface area contributed by atoms with Gasteiger partial charge in [-0.1, -0.05) is 30.3 Å². The molecule has 0 aromatic heterocycles. The smallest absolute Gasteiger partial charge is 0.327 e. The summed E-state index contributed by atoms with van der Waals surface area (Å²) in [6.45, 7) is 6.07. The van der Waals surface area contributed by atoms with Gasteiger partial charge in [-0.2, -0.15) is 0 Å². The maximum Gasteiger partial charge on any atom is 0.327 e. The molecule has 148 valence electrons. The van der Waals surface area contributed by atoms with Crippen LogP contribution in [-0.2, 0) is 9.59 Å². The van der Waals surface area contributed by atoms with Crippen LogP contribution in [0.5, 0.6) is 11.5 Å². The average Bonchev–Trinajstić information content (AvgIpc) is 2.91. The Morgan fingerprint density at radius 1 is 1.29 bits per heavy atom. The quantitative estimate of drug-likeness (QED) is 0.567. The number of nitrogens with zero attached hydrogens (tertiary/aromatic N) is 1. The number of nitrogens with one attached hydrogen (secondary N) is 1. The van der Waals surface area contributed by atoms with Crippen molar-refractivity contribution < 1.29 is 24.3 Å². The van der Waals surface area contributed by atoms with Crippen LogP contribution in [0.4, 0.5) is 0 Å². The van der Waals surface area contributed by atoms with Gasteiger partial charge in [-0.25, -0.2) is 4.79 Å². The maximum atomic E-state index is 12.6. The van der Waals surface area contributed by atoms with Gasteiger partial charge in [0, 0.05) is 10.1 Å². The van der Waals surface area contributed by atoms with Crippen molar-refractivity contribution in [1.29, 1.82) is 0 Å². The Morgan fingerprint density at radius 3 is 2.75 bits per heavy atom. The van der Waals surface area contributed by atoms with Crippen molar-refractivity contribution in [3.05, 3.63) is 36.4 Å². The fourth-order valence-electron chi connectivity index (χ4n) is 3.84. The van der Waals surface area contributed by atoms with E-state index in [-0.39, 0.29) is 11.3 Å². The number of rotatable bonds is 6. The van der Waals surface area contributed by atoms with Crippen LogP contribution in [0, 0.1) is 0 Å². The average molecular weight is 402 g/mol. The summed E-state index contributed by atoms with van der Waals surface area (Å²) in [5, 5.41) is 11.1. The van der Waals surface area contributed by atoms with Crippen molar-refractivity contribution in [2.24, 2.45) is 0 Å². The molecule has 7 nitrogen and oxygen atoms in total. The number of fused-ring (bicyclic) bond motifs is 2. The highest BCUT2D eigenvalue weighted by Crippen LogP contribution is 2.51. The molecule has 28 heavy (non-hydrogen) atoms. The first-order valence-electron chi connectivity index (χ1n) is 9.15. The van der Waals surface area contributed by atoms with E-state index in [2.05, 4.69) is 5.48 Å². The standard InChI is InChI=1S/C20H22N2O5S/c1-4-26-13-10-9-11-7-5-6-8-12(11)15(13)27-21-14-17(23)22-16(19(24)25)20(2,3)28-18(14)22/h5-10,14,16,18,21H,4H2,1-3H3,(H,24,25)/t14-,16-,18+/m1/s1. The number of ether oxygens (including phenoxy) is 1. The molecule has 1 amide bonds. The zero-order chi connectivity index (χ0) is 20.1. The normalized spacial score (nSPS) is 25.3. The van der Waals surface area contributed by atoms with Gasteiger partial charge in [0.05, 0.1) is 6.61 Å². The van der Waals surface area contributed by atoms with Crippen LogP contribution in [0.2, 0.25) is 0 Å². The third kappa shape index (κ3) is 2.87. The Bertz CT molecular complexity index is 947. The zero-order valence-corrected chi connectivity index (χ0v) is 16.7. The summed E-state index contributed by atoms with van der Waals surface area (Å²) in [5.74, 6) is -0.155. The topological polar surface area (TPSA) is 88.1 Å². The number of amides is 1. The third-order valence-electron chi connectivity index (χ3n) is 5.11. The van der Waals surface area contributed by atoms with E-state index in [1.165, 1.54) is 16.7 Å². The lowest BCUT2D eigenvalue weighted by Crippen LogP contribution is -2.70. The largest absolute Gasteiger partial charge is 0.490 e. The molecule has 4 rings (SSSR count). The predicted octanol–water partition coefficient (Wildman–Crippen LogP) is 2.64. The second-order valence-electron chi connectivity index (χ2n) is 7.34. The van der Waals surface area contributed by atoms with Gasteiger partial charge in [-0.3, -0.25) is 4.79 Å². The lowest BCUT2D eigenvalue weighted by molar-refractivity contribution is -0.163. The number of hydrogen-bond donors (Lipinski definition) is 2. The summed E-state index contributed by atoms with van der Waals surface area (Å²) in [6.07, 6.45) is 0. The lowest BCUT2D eigenvalue weighted by Gasteiger charge is -2.43. The van der Waals surface area contributed by atoms with Crippen LogP contribution >= 0.6 is 11.8 Å². The van der Waals surface area contributed by atoms with Gasteiger partial charge in [0.1, 0.15) is 11.4 Å². The van der Waals surface area contributed by atoms with Gasteiger partial charge in [0.2, 0.25) is 5.91 Å². The third-order valence-corrected chi connectivity index (χ3v) is 6.68. The SMILES string of the molecule is CCOc1ccc2ccccc2c1ON[C@@H]1C(=O)N2[C@H]1SC(C)(C)[C@H]2C(=O)O. The first-order chi connectivity index (χ1) is 13.3. The van der Waals surface area contributed by atoms with Crippen molar-refractivity contribution in [3.63, 3.8) is 0 Å². The highest BCUT2D eigenvalue weighted by Gasteiger charge is 2.64. The van der Waals surface area contributed by atoms with E-state index in [4.69, 9.17) is 9.57 Å². The monoisotopic (exact) mass is 402 g/mol. The van der Waals surface area contributed by atoms with Crippen LogP contribution in [0.25, 0.3) is 10.8 Å². The maximum absolute atomic E-state index is 12.6. The Hall–Kier alpha value is -2.45. The molecule has 0 bridgehead atoms. The highest BCUT2D eigenvalue weighted by molar-refractivity contribution is 8.01. The van der Waals surface area contributed by atoms with Crippen LogP contribution in [0.3, 0.4) is 0 Å². The van der Waals surface area contributed by atoms with Crippen LogP contribution in [-0.4, -0.2) is 50.7 Å². The number of hydrogen-bond acceptors (Lipinski definition) is 6. The number of aliphatic carboxylic acids is 1. The molecule has 2 saturated heterocycles. The van der Waals surface area contributed by atoms with E-state index in [0.717, 1.165) is 10.8 Å². The molecule has 0 aliphatic carbocycles. The Kier molecular flexibility index (Phi) is 4.63. The van der Waals surface area contributed by atoms with Gasteiger partial charge in [0.15, 0.2) is 17.5 Å². The predicted molar refractivity (Wildman–Crippen MR) is 106 cm³/mol. The number of hydroxylamine groups is 1. The van der Waals surface area contributed by atoms with E-state index in [1.807, 2.05) is 57.2 Å². The second-order valence-corrected chi connectivity index (χ2v) is 9.11. The summed E-state index contributed by atoms with van der Waals surface area (Å²) >= 11 is 1.47. The Morgan fingerprint density at radius 2 is 2.04 bits per heavy atom. The number of carbonyl (C=O) groups excluding carboxylic acids is 1. The fraction of sp³-hybridized carbons (Fsp3) is 0.400. The molecule has 0 radical (unpaired) electrons. The van der Waals surface area contributed by atoms with Crippen molar-refractivity contribution in [1.82, 2.24) is 10.4 Å². The summed E-state index contributed by atoms with van der Waals surface area (Å²) in [4.78, 5) is 31.5. The van der Waals surface area contributed by atoms with E-state index in [9.17, 15) is 14.7 Å². The van der Waals surface area contributed by atoms with Gasteiger partial charge >= 0.3 is 5.97 Å². The molecule has 2 N–H and O–H groups in total. The number of benzene rings is 2. The first-order valence-corrected chi connectivity index (χ1v) is 10.0. The first kappa shape index (κ1) is 18.9. The van der Waals surface area contributed by atoms with E-state index >= 15 is 0 Å². The molecule has 0 saturated carbocycles. The zero-order valence-electron chi connectivity index (χ0n) is 15.8. The Labute approximate surface area is 166 Å². The molecule has 2 heterocycles. The minimum atomic E-state index is -0.986. The van der Waals surface area contributed by atoms with E-state index < -0.39 is 22.8 Å². The molecule has 3 atom stereocenters. The minimum Gasteiger partial charge on any atom is -0.490 e. The summed E-state index contributed by atoms with van der Waals surface area (Å²) in [7, 11) is 0. The second kappa shape index (κ2) is 6.86. The highest BCUT2D eigenvalue weighted by atomic mass is 32.2.